The fourth-order valence-corrected chi connectivity index (χ4v) is 13.3. The number of rotatable bonds is 76. The van der Waals surface area contributed by atoms with Crippen molar-refractivity contribution in [1.82, 2.24) is 0 Å². The van der Waals surface area contributed by atoms with Crippen LogP contribution in [0.5, 0.6) is 0 Å². The molecule has 0 saturated heterocycles. The van der Waals surface area contributed by atoms with Crippen LogP contribution < -0.4 is 0 Å². The van der Waals surface area contributed by atoms with E-state index in [1.54, 1.807) is 0 Å². The lowest BCUT2D eigenvalue weighted by Crippen LogP contribution is -2.30. The first kappa shape index (κ1) is 93.1. The average molecular weight is 1400 g/mol. The number of unbranched alkanes of at least 4 members (excludes halogenated alkanes) is 48. The fourth-order valence-electron chi connectivity index (χ4n) is 11.7. The van der Waals surface area contributed by atoms with Gasteiger partial charge in [-0.2, -0.15) is 0 Å². The van der Waals surface area contributed by atoms with E-state index >= 15 is 0 Å². The number of ether oxygens (including phenoxy) is 4. The van der Waals surface area contributed by atoms with Crippen LogP contribution in [-0.2, 0) is 65.4 Å². The molecular weight excluding hydrogens is 1250 g/mol. The molecule has 0 fully saturated rings. The molecule has 564 valence electrons. The first-order chi connectivity index (χ1) is 46.0. The molecule has 0 radical (unpaired) electrons. The van der Waals surface area contributed by atoms with Crippen LogP contribution in [0.3, 0.4) is 0 Å². The molecule has 5 atom stereocenters. The zero-order valence-electron chi connectivity index (χ0n) is 61.8. The molecule has 0 aliphatic rings. The van der Waals surface area contributed by atoms with Gasteiger partial charge in [0.25, 0.3) is 0 Å². The summed E-state index contributed by atoms with van der Waals surface area (Å²) < 4.78 is 68.6. The summed E-state index contributed by atoms with van der Waals surface area (Å²) in [5.74, 6) is -1.33. The Morgan fingerprint density at radius 3 is 0.716 bits per heavy atom. The van der Waals surface area contributed by atoms with Crippen LogP contribution in [0.2, 0.25) is 0 Å². The number of phosphoric acid groups is 2. The second-order valence-electron chi connectivity index (χ2n) is 27.9. The number of esters is 4. The van der Waals surface area contributed by atoms with Crippen molar-refractivity contribution in [2.45, 2.75) is 419 Å². The van der Waals surface area contributed by atoms with Crippen molar-refractivity contribution in [3.63, 3.8) is 0 Å². The third kappa shape index (κ3) is 70.3. The topological polar surface area (TPSA) is 237 Å². The molecule has 0 aromatic carbocycles. The largest absolute Gasteiger partial charge is 0.472 e. The van der Waals surface area contributed by atoms with Crippen LogP contribution in [0, 0.1) is 5.92 Å². The molecule has 3 N–H and O–H groups in total. The van der Waals surface area contributed by atoms with Gasteiger partial charge in [-0.15, -0.1) is 0 Å². The second-order valence-corrected chi connectivity index (χ2v) is 30.8. The minimum absolute atomic E-state index is 0.108. The van der Waals surface area contributed by atoms with Crippen LogP contribution >= 0.6 is 15.6 Å². The Morgan fingerprint density at radius 2 is 0.484 bits per heavy atom. The normalized spacial score (nSPS) is 13.9. The average Bonchev–Trinajstić information content (AvgIpc) is 3.65. The van der Waals surface area contributed by atoms with E-state index in [4.69, 9.17) is 37.0 Å². The number of hydrogen-bond acceptors (Lipinski definition) is 15. The minimum Gasteiger partial charge on any atom is -0.462 e. The number of carbonyl (C=O) groups is 4. The van der Waals surface area contributed by atoms with Gasteiger partial charge in [-0.25, -0.2) is 9.13 Å². The molecule has 0 aromatic heterocycles. The van der Waals surface area contributed by atoms with E-state index in [2.05, 4.69) is 34.6 Å². The lowest BCUT2D eigenvalue weighted by Gasteiger charge is -2.21. The molecule has 0 spiro atoms. The first-order valence-corrected chi connectivity index (χ1v) is 42.6. The number of carbonyl (C=O) groups excluding carboxylic acids is 4. The smallest absolute Gasteiger partial charge is 0.462 e. The Morgan fingerprint density at radius 1 is 0.284 bits per heavy atom. The molecule has 0 amide bonds. The van der Waals surface area contributed by atoms with Gasteiger partial charge in [0.15, 0.2) is 12.2 Å². The standard InChI is InChI=1S/C76H148O17P2/c1-6-9-12-15-18-21-24-27-30-35-40-45-50-55-60-74(79)87-66-72(93-76(81)62-57-52-47-42-37-32-31-33-38-43-48-53-58-69(4)5)68-91-95(84,85)89-64-70(77)63-88-94(82,83)90-67-71(92-75(80)61-56-51-46-41-36-29-26-23-20-17-14-11-8-3)65-86-73(78)59-54-49-44-39-34-28-25-22-19-16-13-10-7-2/h69-72,77H,6-68H2,1-5H3,(H,82,83)(H,84,85)/t70-,71+,72+/m0/s1. The Kier molecular flexibility index (Phi) is 67.7. The van der Waals surface area contributed by atoms with Gasteiger partial charge in [0.1, 0.15) is 19.3 Å². The predicted molar refractivity (Wildman–Crippen MR) is 386 cm³/mol. The maximum absolute atomic E-state index is 13.1. The molecule has 0 heterocycles. The highest BCUT2D eigenvalue weighted by Gasteiger charge is 2.30. The van der Waals surface area contributed by atoms with Gasteiger partial charge in [0.2, 0.25) is 0 Å². The fraction of sp³-hybridized carbons (Fsp3) is 0.947. The van der Waals surface area contributed by atoms with Crippen molar-refractivity contribution in [3.05, 3.63) is 0 Å². The maximum Gasteiger partial charge on any atom is 0.472 e. The minimum atomic E-state index is -4.96. The molecule has 0 aliphatic heterocycles. The lowest BCUT2D eigenvalue weighted by atomic mass is 10.0. The van der Waals surface area contributed by atoms with Gasteiger partial charge >= 0.3 is 39.5 Å². The first-order valence-electron chi connectivity index (χ1n) is 39.6. The van der Waals surface area contributed by atoms with E-state index in [1.165, 1.54) is 225 Å². The number of aliphatic hydroxyl groups excluding tert-OH is 1. The van der Waals surface area contributed by atoms with Gasteiger partial charge in [-0.1, -0.05) is 349 Å². The molecular formula is C76H148O17P2. The van der Waals surface area contributed by atoms with E-state index < -0.39 is 97.5 Å². The van der Waals surface area contributed by atoms with Gasteiger partial charge in [0.05, 0.1) is 26.4 Å². The number of phosphoric ester groups is 2. The summed E-state index contributed by atoms with van der Waals surface area (Å²) in [6.45, 7) is 7.32. The third-order valence-corrected chi connectivity index (χ3v) is 19.7. The summed E-state index contributed by atoms with van der Waals surface area (Å²) in [6, 6.07) is 0. The predicted octanol–water partition coefficient (Wildman–Crippen LogP) is 22.5. The molecule has 0 aromatic rings. The zero-order chi connectivity index (χ0) is 69.8. The molecule has 19 heteroatoms. The lowest BCUT2D eigenvalue weighted by molar-refractivity contribution is -0.161. The van der Waals surface area contributed by atoms with E-state index in [1.807, 2.05) is 0 Å². The summed E-state index contributed by atoms with van der Waals surface area (Å²) in [4.78, 5) is 72.9. The Bertz CT molecular complexity index is 1820. The summed E-state index contributed by atoms with van der Waals surface area (Å²) >= 11 is 0. The van der Waals surface area contributed by atoms with E-state index in [9.17, 15) is 43.2 Å². The van der Waals surface area contributed by atoms with Gasteiger partial charge in [-0.05, 0) is 31.6 Å². The van der Waals surface area contributed by atoms with Crippen molar-refractivity contribution < 1.29 is 80.2 Å². The number of hydrogen-bond donors (Lipinski definition) is 3. The van der Waals surface area contributed by atoms with Crippen LogP contribution in [0.15, 0.2) is 0 Å². The highest BCUT2D eigenvalue weighted by molar-refractivity contribution is 7.47. The third-order valence-electron chi connectivity index (χ3n) is 17.8. The van der Waals surface area contributed by atoms with Crippen molar-refractivity contribution in [2.75, 3.05) is 39.6 Å². The molecule has 95 heavy (non-hydrogen) atoms. The second kappa shape index (κ2) is 69.2. The molecule has 2 unspecified atom stereocenters. The molecule has 0 bridgehead atoms. The van der Waals surface area contributed by atoms with Gasteiger partial charge < -0.3 is 33.8 Å². The monoisotopic (exact) mass is 1400 g/mol. The van der Waals surface area contributed by atoms with Crippen molar-refractivity contribution in [1.29, 1.82) is 0 Å². The molecule has 17 nitrogen and oxygen atoms in total. The SMILES string of the molecule is CCCCCCCCCCCCCCCCC(=O)OC[C@H](COP(=O)(O)OC[C@@H](O)COP(=O)(O)OC[C@@H](COC(=O)CCCCCCCCCCCCCCC)OC(=O)CCCCCCCCCCCCCCC)OC(=O)CCCCCCCCCCCCCCC(C)C. The van der Waals surface area contributed by atoms with Crippen molar-refractivity contribution in [2.24, 2.45) is 5.92 Å². The van der Waals surface area contributed by atoms with Crippen LogP contribution in [0.4, 0.5) is 0 Å². The van der Waals surface area contributed by atoms with E-state index in [-0.39, 0.29) is 25.7 Å². The van der Waals surface area contributed by atoms with Gasteiger partial charge in [-0.3, -0.25) is 37.3 Å². The maximum atomic E-state index is 13.1. The highest BCUT2D eigenvalue weighted by atomic mass is 31.2. The van der Waals surface area contributed by atoms with E-state index in [0.29, 0.717) is 25.7 Å². The number of aliphatic hydroxyl groups is 1. The zero-order valence-corrected chi connectivity index (χ0v) is 63.6. The van der Waals surface area contributed by atoms with Crippen LogP contribution in [0.25, 0.3) is 0 Å². The van der Waals surface area contributed by atoms with Crippen molar-refractivity contribution >= 4 is 39.5 Å². The summed E-state index contributed by atoms with van der Waals surface area (Å²) in [5.41, 5.74) is 0. The van der Waals surface area contributed by atoms with Crippen LogP contribution in [0.1, 0.15) is 401 Å². The molecule has 0 aliphatic carbocycles. The molecule has 0 rings (SSSR count). The Hall–Kier alpha value is -1.94. The Balaban J connectivity index is 5.26. The van der Waals surface area contributed by atoms with Crippen molar-refractivity contribution in [3.8, 4) is 0 Å². The van der Waals surface area contributed by atoms with Crippen LogP contribution in [-0.4, -0.2) is 96.7 Å². The molecule has 0 saturated carbocycles. The van der Waals surface area contributed by atoms with Gasteiger partial charge in [0, 0.05) is 25.7 Å². The highest BCUT2D eigenvalue weighted by Crippen LogP contribution is 2.45. The summed E-state index contributed by atoms with van der Waals surface area (Å²) in [6.07, 6.45) is 58.0. The summed E-state index contributed by atoms with van der Waals surface area (Å²) in [7, 11) is -9.91. The Labute approximate surface area is 581 Å². The summed E-state index contributed by atoms with van der Waals surface area (Å²) in [5, 5.41) is 10.6. The quantitative estimate of drug-likeness (QED) is 0.0222. The van der Waals surface area contributed by atoms with E-state index in [0.717, 1.165) is 95.8 Å².